The molecule has 4 nitrogen and oxygen atoms in total. The van der Waals surface area contributed by atoms with Gasteiger partial charge < -0.3 is 15.4 Å². The first-order chi connectivity index (χ1) is 8.74. The summed E-state index contributed by atoms with van der Waals surface area (Å²) in [5.41, 5.74) is 6.02. The molecule has 18 heavy (non-hydrogen) atoms. The number of hydrogen-bond acceptors (Lipinski definition) is 3. The highest BCUT2D eigenvalue weighted by molar-refractivity contribution is 5.82. The standard InChI is InChI=1S/C14H26N2O2/c1-2-3-6-11(15)14(17)16-9-10-18-13-8-5-4-7-12(13)16/h11-13H,2-10,15H2,1H3/t11-,12?,13?/m0/s1. The highest BCUT2D eigenvalue weighted by atomic mass is 16.5. The van der Waals surface area contributed by atoms with Gasteiger partial charge in [-0.1, -0.05) is 32.6 Å². The number of rotatable bonds is 4. The van der Waals surface area contributed by atoms with E-state index < -0.39 is 0 Å². The van der Waals surface area contributed by atoms with Crippen LogP contribution in [-0.2, 0) is 9.53 Å². The molecule has 3 atom stereocenters. The maximum Gasteiger partial charge on any atom is 0.239 e. The van der Waals surface area contributed by atoms with Crippen LogP contribution >= 0.6 is 0 Å². The van der Waals surface area contributed by atoms with Crippen LogP contribution in [0.2, 0.25) is 0 Å². The molecule has 0 spiro atoms. The monoisotopic (exact) mass is 254 g/mol. The predicted octanol–water partition coefficient (Wildman–Crippen LogP) is 1.67. The second-order valence-corrected chi connectivity index (χ2v) is 5.54. The first-order valence-corrected chi connectivity index (χ1v) is 7.41. The number of unbranched alkanes of at least 4 members (excludes halogenated alkanes) is 1. The number of nitrogens with two attached hydrogens (primary N) is 1. The molecule has 0 aromatic heterocycles. The lowest BCUT2D eigenvalue weighted by Gasteiger charge is -2.44. The number of nitrogens with zero attached hydrogens (tertiary/aromatic N) is 1. The summed E-state index contributed by atoms with van der Waals surface area (Å²) in [6.07, 6.45) is 7.81. The Bertz CT molecular complexity index is 281. The van der Waals surface area contributed by atoms with E-state index in [1.54, 1.807) is 0 Å². The molecule has 1 heterocycles. The van der Waals surface area contributed by atoms with E-state index in [9.17, 15) is 4.79 Å². The van der Waals surface area contributed by atoms with E-state index in [0.29, 0.717) is 6.61 Å². The molecule has 1 aliphatic heterocycles. The van der Waals surface area contributed by atoms with Gasteiger partial charge in [0.1, 0.15) is 0 Å². The second-order valence-electron chi connectivity index (χ2n) is 5.54. The summed E-state index contributed by atoms with van der Waals surface area (Å²) in [7, 11) is 0. The first-order valence-electron chi connectivity index (χ1n) is 7.41. The fourth-order valence-electron chi connectivity index (χ4n) is 3.13. The maximum absolute atomic E-state index is 12.4. The number of carbonyl (C=O) groups excluding carboxylic acids is 1. The number of fused-ring (bicyclic) bond motifs is 1. The van der Waals surface area contributed by atoms with Crippen molar-refractivity contribution in [2.45, 2.75) is 70.1 Å². The Morgan fingerprint density at radius 1 is 1.44 bits per heavy atom. The van der Waals surface area contributed by atoms with Gasteiger partial charge in [-0.2, -0.15) is 0 Å². The van der Waals surface area contributed by atoms with E-state index in [2.05, 4.69) is 6.92 Å². The minimum Gasteiger partial charge on any atom is -0.374 e. The van der Waals surface area contributed by atoms with E-state index in [1.807, 2.05) is 4.90 Å². The lowest BCUT2D eigenvalue weighted by Crippen LogP contribution is -2.58. The van der Waals surface area contributed by atoms with Crippen molar-refractivity contribution in [2.75, 3.05) is 13.2 Å². The van der Waals surface area contributed by atoms with Crippen LogP contribution in [0.3, 0.4) is 0 Å². The maximum atomic E-state index is 12.4. The molecule has 1 aliphatic carbocycles. The Hall–Kier alpha value is -0.610. The molecule has 0 bridgehead atoms. The van der Waals surface area contributed by atoms with Crippen molar-refractivity contribution in [3.63, 3.8) is 0 Å². The fourth-order valence-corrected chi connectivity index (χ4v) is 3.13. The molecule has 2 aliphatic rings. The summed E-state index contributed by atoms with van der Waals surface area (Å²) in [4.78, 5) is 14.4. The van der Waals surface area contributed by atoms with Gasteiger partial charge in [-0.3, -0.25) is 4.79 Å². The van der Waals surface area contributed by atoms with Gasteiger partial charge in [0.25, 0.3) is 0 Å². The Labute approximate surface area is 110 Å². The van der Waals surface area contributed by atoms with Gasteiger partial charge >= 0.3 is 0 Å². The van der Waals surface area contributed by atoms with E-state index in [-0.39, 0.29) is 24.1 Å². The van der Waals surface area contributed by atoms with Gasteiger partial charge in [0.15, 0.2) is 0 Å². The molecule has 2 rings (SSSR count). The third kappa shape index (κ3) is 3.04. The topological polar surface area (TPSA) is 55.6 Å². The molecule has 1 saturated carbocycles. The Morgan fingerprint density at radius 2 is 2.22 bits per heavy atom. The number of amides is 1. The van der Waals surface area contributed by atoms with Gasteiger partial charge in [0.05, 0.1) is 24.8 Å². The normalized spacial score (nSPS) is 29.8. The van der Waals surface area contributed by atoms with E-state index in [1.165, 1.54) is 12.8 Å². The van der Waals surface area contributed by atoms with E-state index in [0.717, 1.165) is 38.6 Å². The molecule has 4 heteroatoms. The Kier molecular flexibility index (Phi) is 5.01. The van der Waals surface area contributed by atoms with Crippen molar-refractivity contribution in [2.24, 2.45) is 5.73 Å². The molecule has 2 fully saturated rings. The van der Waals surface area contributed by atoms with Crippen molar-refractivity contribution < 1.29 is 9.53 Å². The zero-order valence-corrected chi connectivity index (χ0v) is 11.4. The largest absolute Gasteiger partial charge is 0.374 e. The van der Waals surface area contributed by atoms with Crippen LogP contribution in [0.4, 0.5) is 0 Å². The van der Waals surface area contributed by atoms with Gasteiger partial charge in [-0.15, -0.1) is 0 Å². The third-order valence-electron chi connectivity index (χ3n) is 4.20. The molecule has 1 saturated heterocycles. The van der Waals surface area contributed by atoms with Gasteiger partial charge in [-0.25, -0.2) is 0 Å². The quantitative estimate of drug-likeness (QED) is 0.830. The van der Waals surface area contributed by atoms with Gasteiger partial charge in [0.2, 0.25) is 5.91 Å². The van der Waals surface area contributed by atoms with Crippen LogP contribution in [0.15, 0.2) is 0 Å². The Morgan fingerprint density at radius 3 is 3.00 bits per heavy atom. The zero-order valence-electron chi connectivity index (χ0n) is 11.4. The predicted molar refractivity (Wildman–Crippen MR) is 71.2 cm³/mol. The summed E-state index contributed by atoms with van der Waals surface area (Å²) in [5.74, 6) is 0.142. The molecule has 104 valence electrons. The molecular formula is C14H26N2O2. The average Bonchev–Trinajstić information content (AvgIpc) is 2.43. The summed E-state index contributed by atoms with van der Waals surface area (Å²) in [6.45, 7) is 3.52. The highest BCUT2D eigenvalue weighted by Crippen LogP contribution is 2.28. The van der Waals surface area contributed by atoms with Crippen molar-refractivity contribution in [3.8, 4) is 0 Å². The minimum absolute atomic E-state index is 0.142. The molecular weight excluding hydrogens is 228 g/mol. The molecule has 1 amide bonds. The summed E-state index contributed by atoms with van der Waals surface area (Å²) in [6, 6.07) is -0.0293. The zero-order chi connectivity index (χ0) is 13.0. The first kappa shape index (κ1) is 13.8. The van der Waals surface area contributed by atoms with Crippen LogP contribution in [0.1, 0.15) is 51.9 Å². The number of ether oxygens (including phenoxy) is 1. The van der Waals surface area contributed by atoms with Gasteiger partial charge in [0, 0.05) is 6.54 Å². The number of carbonyl (C=O) groups is 1. The van der Waals surface area contributed by atoms with Crippen LogP contribution in [-0.4, -0.2) is 42.1 Å². The summed E-state index contributed by atoms with van der Waals surface area (Å²) < 4.78 is 5.79. The smallest absolute Gasteiger partial charge is 0.239 e. The fraction of sp³-hybridized carbons (Fsp3) is 0.929. The second kappa shape index (κ2) is 6.53. The SMILES string of the molecule is CCCC[C@H](N)C(=O)N1CCOC2CCCCC21. The van der Waals surface area contributed by atoms with Crippen LogP contribution < -0.4 is 5.73 Å². The lowest BCUT2D eigenvalue weighted by molar-refractivity contribution is -0.151. The molecule has 0 radical (unpaired) electrons. The van der Waals surface area contributed by atoms with Crippen LogP contribution in [0, 0.1) is 0 Å². The summed E-state index contributed by atoms with van der Waals surface area (Å²) in [5, 5.41) is 0. The molecule has 0 aromatic rings. The van der Waals surface area contributed by atoms with Crippen LogP contribution in [0.5, 0.6) is 0 Å². The third-order valence-corrected chi connectivity index (χ3v) is 4.20. The van der Waals surface area contributed by atoms with Crippen molar-refractivity contribution in [1.29, 1.82) is 0 Å². The molecule has 0 aromatic carbocycles. The average molecular weight is 254 g/mol. The van der Waals surface area contributed by atoms with Crippen molar-refractivity contribution >= 4 is 5.91 Å². The minimum atomic E-state index is -0.314. The summed E-state index contributed by atoms with van der Waals surface area (Å²) >= 11 is 0. The van der Waals surface area contributed by atoms with Gasteiger partial charge in [-0.05, 0) is 19.3 Å². The lowest BCUT2D eigenvalue weighted by atomic mass is 9.89. The molecule has 2 N–H and O–H groups in total. The number of hydrogen-bond donors (Lipinski definition) is 1. The molecule has 2 unspecified atom stereocenters. The van der Waals surface area contributed by atoms with Crippen molar-refractivity contribution in [3.05, 3.63) is 0 Å². The van der Waals surface area contributed by atoms with E-state index in [4.69, 9.17) is 10.5 Å². The van der Waals surface area contributed by atoms with Crippen molar-refractivity contribution in [1.82, 2.24) is 4.90 Å². The highest BCUT2D eigenvalue weighted by Gasteiger charge is 2.37. The van der Waals surface area contributed by atoms with Crippen LogP contribution in [0.25, 0.3) is 0 Å². The van der Waals surface area contributed by atoms with E-state index >= 15 is 0 Å². The Balaban J connectivity index is 1.95. The number of morpholine rings is 1.